The Bertz CT molecular complexity index is 883. The maximum Gasteiger partial charge on any atom is 0.122 e. The second-order valence-corrected chi connectivity index (χ2v) is 11.0. The van der Waals surface area contributed by atoms with Crippen LogP contribution in [0.3, 0.4) is 0 Å². The fourth-order valence-corrected chi connectivity index (χ4v) is 5.41. The Hall–Kier alpha value is -2.22. The predicted octanol–water partition coefficient (Wildman–Crippen LogP) is 10.5. The van der Waals surface area contributed by atoms with Crippen molar-refractivity contribution < 1.29 is 10.2 Å². The molecule has 0 bridgehead atoms. The fraction of sp³-hybridized carbons (Fsp3) is 0.588. The van der Waals surface area contributed by atoms with Crippen molar-refractivity contribution in [2.45, 2.75) is 130 Å². The van der Waals surface area contributed by atoms with E-state index in [4.69, 9.17) is 0 Å². The van der Waals surface area contributed by atoms with Crippen LogP contribution in [-0.4, -0.2) is 10.2 Å². The van der Waals surface area contributed by atoms with Gasteiger partial charge < -0.3 is 10.2 Å². The SMILES string of the molecule is CCCCCCCCC=CCCCCCCCC(c1cc(C)cc(C)c1O)c1cc(C)cc(C)c1O. The van der Waals surface area contributed by atoms with Gasteiger partial charge in [-0.15, -0.1) is 0 Å². The maximum absolute atomic E-state index is 10.9. The number of hydrogen-bond acceptors (Lipinski definition) is 2. The van der Waals surface area contributed by atoms with Gasteiger partial charge in [0, 0.05) is 17.0 Å². The summed E-state index contributed by atoms with van der Waals surface area (Å²) in [6.45, 7) is 10.4. The number of rotatable bonds is 17. The minimum absolute atomic E-state index is 0.00658. The summed E-state index contributed by atoms with van der Waals surface area (Å²) < 4.78 is 0. The van der Waals surface area contributed by atoms with Crippen LogP contribution >= 0.6 is 0 Å². The summed E-state index contributed by atoms with van der Waals surface area (Å²) in [5.41, 5.74) is 6.01. The molecule has 0 unspecified atom stereocenters. The van der Waals surface area contributed by atoms with Crippen molar-refractivity contribution in [3.8, 4) is 11.5 Å². The van der Waals surface area contributed by atoms with E-state index in [2.05, 4.69) is 45.1 Å². The lowest BCUT2D eigenvalue weighted by Gasteiger charge is -2.23. The number of phenols is 2. The molecule has 0 atom stereocenters. The summed E-state index contributed by atoms with van der Waals surface area (Å²) in [5, 5.41) is 21.8. The molecule has 2 aromatic rings. The number of aryl methyl sites for hydroxylation is 4. The van der Waals surface area contributed by atoms with Gasteiger partial charge in [-0.25, -0.2) is 0 Å². The Kier molecular flexibility index (Phi) is 13.8. The molecule has 2 heteroatoms. The van der Waals surface area contributed by atoms with Crippen molar-refractivity contribution in [1.29, 1.82) is 0 Å². The number of hydrogen-bond donors (Lipinski definition) is 2. The van der Waals surface area contributed by atoms with E-state index in [1.807, 2.05) is 26.0 Å². The number of aromatic hydroxyl groups is 2. The van der Waals surface area contributed by atoms with Crippen LogP contribution in [0.1, 0.15) is 136 Å². The van der Waals surface area contributed by atoms with E-state index in [0.29, 0.717) is 11.5 Å². The van der Waals surface area contributed by atoms with Crippen molar-refractivity contribution in [2.75, 3.05) is 0 Å². The molecule has 0 aliphatic heterocycles. The molecule has 0 saturated heterocycles. The Morgan fingerprint density at radius 3 is 1.47 bits per heavy atom. The highest BCUT2D eigenvalue weighted by atomic mass is 16.3. The topological polar surface area (TPSA) is 40.5 Å². The first-order valence-electron chi connectivity index (χ1n) is 14.6. The summed E-state index contributed by atoms with van der Waals surface area (Å²) >= 11 is 0. The van der Waals surface area contributed by atoms with Crippen molar-refractivity contribution in [2.24, 2.45) is 0 Å². The summed E-state index contributed by atoms with van der Waals surface area (Å²) in [4.78, 5) is 0. The number of benzene rings is 2. The van der Waals surface area contributed by atoms with Gasteiger partial charge in [0.2, 0.25) is 0 Å². The summed E-state index contributed by atoms with van der Waals surface area (Å²) in [6.07, 6.45) is 22.5. The molecule has 0 amide bonds. The Morgan fingerprint density at radius 2 is 1.00 bits per heavy atom. The summed E-state index contributed by atoms with van der Waals surface area (Å²) in [6, 6.07) is 8.25. The summed E-state index contributed by atoms with van der Waals surface area (Å²) in [7, 11) is 0. The van der Waals surface area contributed by atoms with Crippen LogP contribution in [-0.2, 0) is 0 Å². The molecule has 0 fully saturated rings. The number of unbranched alkanes of at least 4 members (excludes halogenated alkanes) is 11. The zero-order chi connectivity index (χ0) is 26.3. The fourth-order valence-electron chi connectivity index (χ4n) is 5.41. The lowest BCUT2D eigenvalue weighted by Crippen LogP contribution is -2.05. The van der Waals surface area contributed by atoms with Crippen LogP contribution < -0.4 is 0 Å². The quantitative estimate of drug-likeness (QED) is 0.170. The van der Waals surface area contributed by atoms with Crippen LogP contribution in [0.2, 0.25) is 0 Å². The molecular formula is C34H52O2. The third-order valence-corrected chi connectivity index (χ3v) is 7.45. The van der Waals surface area contributed by atoms with E-state index in [1.165, 1.54) is 77.0 Å². The molecule has 0 spiro atoms. The van der Waals surface area contributed by atoms with E-state index in [0.717, 1.165) is 46.2 Å². The highest BCUT2D eigenvalue weighted by Gasteiger charge is 2.23. The normalized spacial score (nSPS) is 11.7. The molecule has 0 aliphatic rings. The van der Waals surface area contributed by atoms with Crippen LogP contribution in [0.15, 0.2) is 36.4 Å². The van der Waals surface area contributed by atoms with E-state index in [9.17, 15) is 10.2 Å². The predicted molar refractivity (Wildman–Crippen MR) is 156 cm³/mol. The first kappa shape index (κ1) is 30.0. The maximum atomic E-state index is 10.9. The van der Waals surface area contributed by atoms with Gasteiger partial charge in [0.25, 0.3) is 0 Å². The first-order valence-corrected chi connectivity index (χ1v) is 14.6. The minimum Gasteiger partial charge on any atom is -0.507 e. The first-order chi connectivity index (χ1) is 17.3. The highest BCUT2D eigenvalue weighted by molar-refractivity contribution is 5.53. The van der Waals surface area contributed by atoms with Gasteiger partial charge in [-0.05, 0) is 70.9 Å². The van der Waals surface area contributed by atoms with Gasteiger partial charge in [0.05, 0.1) is 0 Å². The minimum atomic E-state index is 0.00658. The van der Waals surface area contributed by atoms with Crippen molar-refractivity contribution >= 4 is 0 Å². The molecule has 0 aliphatic carbocycles. The van der Waals surface area contributed by atoms with Gasteiger partial charge in [-0.3, -0.25) is 0 Å². The van der Waals surface area contributed by atoms with Crippen LogP contribution in [0.25, 0.3) is 0 Å². The highest BCUT2D eigenvalue weighted by Crippen LogP contribution is 2.42. The Labute approximate surface area is 221 Å². The van der Waals surface area contributed by atoms with E-state index in [1.54, 1.807) is 0 Å². The average molecular weight is 493 g/mol. The third kappa shape index (κ3) is 10.0. The zero-order valence-corrected chi connectivity index (χ0v) is 23.8. The van der Waals surface area contributed by atoms with E-state index < -0.39 is 0 Å². The van der Waals surface area contributed by atoms with E-state index in [-0.39, 0.29) is 5.92 Å². The molecule has 2 rings (SSSR count). The molecule has 0 saturated carbocycles. The molecule has 36 heavy (non-hydrogen) atoms. The van der Waals surface area contributed by atoms with Gasteiger partial charge in [-0.1, -0.05) is 112 Å². The second kappa shape index (κ2) is 16.5. The largest absolute Gasteiger partial charge is 0.507 e. The van der Waals surface area contributed by atoms with Crippen LogP contribution in [0, 0.1) is 27.7 Å². The van der Waals surface area contributed by atoms with E-state index >= 15 is 0 Å². The lowest BCUT2D eigenvalue weighted by atomic mass is 9.83. The monoisotopic (exact) mass is 492 g/mol. The summed E-state index contributed by atoms with van der Waals surface area (Å²) in [5.74, 6) is 0.751. The molecule has 0 heterocycles. The van der Waals surface area contributed by atoms with Crippen molar-refractivity contribution in [3.05, 3.63) is 69.8 Å². The Morgan fingerprint density at radius 1 is 0.583 bits per heavy atom. The van der Waals surface area contributed by atoms with Gasteiger partial charge >= 0.3 is 0 Å². The third-order valence-electron chi connectivity index (χ3n) is 7.45. The second-order valence-electron chi connectivity index (χ2n) is 11.0. The zero-order valence-electron chi connectivity index (χ0n) is 23.8. The van der Waals surface area contributed by atoms with Crippen LogP contribution in [0.5, 0.6) is 11.5 Å². The smallest absolute Gasteiger partial charge is 0.122 e. The molecule has 0 aromatic heterocycles. The molecule has 2 N–H and O–H groups in total. The van der Waals surface area contributed by atoms with Gasteiger partial charge in [0.1, 0.15) is 11.5 Å². The van der Waals surface area contributed by atoms with Gasteiger partial charge in [0.15, 0.2) is 0 Å². The van der Waals surface area contributed by atoms with Crippen LogP contribution in [0.4, 0.5) is 0 Å². The number of phenolic OH excluding ortho intramolecular Hbond substituents is 2. The average Bonchev–Trinajstić information content (AvgIpc) is 2.84. The number of allylic oxidation sites excluding steroid dienone is 2. The molecule has 2 aromatic carbocycles. The van der Waals surface area contributed by atoms with Crippen molar-refractivity contribution in [3.63, 3.8) is 0 Å². The Balaban J connectivity index is 1.82. The molecule has 200 valence electrons. The standard InChI is InChI=1S/C34H52O2/c1-6-7-8-9-10-11-12-13-14-15-16-17-18-19-20-21-30(31-24-26(2)22-28(4)33(31)35)32-25-27(3)23-29(5)34(32)36/h13-14,22-25,30,35-36H,6-12,15-21H2,1-5H3. The molecule has 2 nitrogen and oxygen atoms in total. The van der Waals surface area contributed by atoms with Gasteiger partial charge in [-0.2, -0.15) is 0 Å². The van der Waals surface area contributed by atoms with Crippen molar-refractivity contribution in [1.82, 2.24) is 0 Å². The lowest BCUT2D eigenvalue weighted by molar-refractivity contribution is 0.443. The molecular weight excluding hydrogens is 440 g/mol. The molecule has 0 radical (unpaired) electrons.